The summed E-state index contributed by atoms with van der Waals surface area (Å²) >= 11 is 0. The third kappa shape index (κ3) is 2.91. The molecular weight excluding hydrogens is 218 g/mol. The molecule has 0 radical (unpaired) electrons. The number of nitrogens with two attached hydrogens (primary N) is 1. The summed E-state index contributed by atoms with van der Waals surface area (Å²) in [6.07, 6.45) is 0. The van der Waals surface area contributed by atoms with E-state index < -0.39 is 17.9 Å². The minimum atomic E-state index is -0.689. The van der Waals surface area contributed by atoms with Crippen LogP contribution in [-0.2, 0) is 9.59 Å². The standard InChI is InChI=1S/C12H21N3O2/c1-6(2)7-10(16)14-9(15-11(7)17)8(13)12(3,4)5/h6-8H,13H2,1-5H3,(H,14,15,16,17). The Hall–Kier alpha value is -1.23. The highest BCUT2D eigenvalue weighted by molar-refractivity contribution is 6.17. The highest BCUT2D eigenvalue weighted by Gasteiger charge is 2.37. The normalized spacial score (nSPS) is 23.5. The van der Waals surface area contributed by atoms with Gasteiger partial charge < -0.3 is 11.1 Å². The van der Waals surface area contributed by atoms with Crippen LogP contribution in [0.2, 0.25) is 0 Å². The second-order valence-electron chi connectivity index (χ2n) is 5.89. The van der Waals surface area contributed by atoms with Crippen molar-refractivity contribution >= 4 is 17.6 Å². The molecule has 17 heavy (non-hydrogen) atoms. The van der Waals surface area contributed by atoms with E-state index in [0.29, 0.717) is 0 Å². The van der Waals surface area contributed by atoms with Crippen LogP contribution < -0.4 is 11.1 Å². The predicted molar refractivity (Wildman–Crippen MR) is 66.3 cm³/mol. The molecule has 1 aliphatic rings. The van der Waals surface area contributed by atoms with Crippen molar-refractivity contribution in [2.24, 2.45) is 28.0 Å². The molecule has 2 amide bonds. The molecule has 0 saturated heterocycles. The van der Waals surface area contributed by atoms with E-state index in [4.69, 9.17) is 5.73 Å². The Morgan fingerprint density at radius 2 is 1.82 bits per heavy atom. The van der Waals surface area contributed by atoms with E-state index in [1.165, 1.54) is 0 Å². The molecule has 2 atom stereocenters. The molecule has 0 aromatic rings. The lowest BCUT2D eigenvalue weighted by Gasteiger charge is -2.31. The van der Waals surface area contributed by atoms with E-state index in [0.717, 1.165) is 0 Å². The SMILES string of the molecule is CC(C)C1C(=O)N=C(C(N)C(C)(C)C)NC1=O. The molecule has 0 aliphatic carbocycles. The minimum Gasteiger partial charge on any atom is -0.321 e. The third-order valence-corrected chi connectivity index (χ3v) is 2.92. The van der Waals surface area contributed by atoms with Crippen LogP contribution in [0, 0.1) is 17.3 Å². The summed E-state index contributed by atoms with van der Waals surface area (Å²) in [5.41, 5.74) is 5.72. The molecule has 0 spiro atoms. The van der Waals surface area contributed by atoms with E-state index >= 15 is 0 Å². The molecule has 5 nitrogen and oxygen atoms in total. The van der Waals surface area contributed by atoms with Crippen LogP contribution >= 0.6 is 0 Å². The molecular formula is C12H21N3O2. The van der Waals surface area contributed by atoms with Gasteiger partial charge in [0.15, 0.2) is 0 Å². The van der Waals surface area contributed by atoms with Gasteiger partial charge in [-0.2, -0.15) is 4.99 Å². The van der Waals surface area contributed by atoms with Crippen molar-refractivity contribution < 1.29 is 9.59 Å². The molecule has 0 saturated carbocycles. The first-order chi connectivity index (χ1) is 7.64. The van der Waals surface area contributed by atoms with Crippen LogP contribution in [0.5, 0.6) is 0 Å². The summed E-state index contributed by atoms with van der Waals surface area (Å²) < 4.78 is 0. The number of nitrogens with zero attached hydrogens (tertiary/aromatic N) is 1. The molecule has 96 valence electrons. The van der Waals surface area contributed by atoms with Crippen LogP contribution in [0.1, 0.15) is 34.6 Å². The van der Waals surface area contributed by atoms with Crippen molar-refractivity contribution in [1.29, 1.82) is 0 Å². The maximum atomic E-state index is 11.8. The number of carbonyl (C=O) groups excluding carboxylic acids is 2. The molecule has 3 N–H and O–H groups in total. The van der Waals surface area contributed by atoms with E-state index in [9.17, 15) is 9.59 Å². The van der Waals surface area contributed by atoms with E-state index in [1.54, 1.807) is 0 Å². The fraction of sp³-hybridized carbons (Fsp3) is 0.750. The highest BCUT2D eigenvalue weighted by Crippen LogP contribution is 2.22. The lowest BCUT2D eigenvalue weighted by atomic mass is 9.85. The first-order valence-electron chi connectivity index (χ1n) is 5.83. The number of rotatable bonds is 2. The van der Waals surface area contributed by atoms with Crippen molar-refractivity contribution in [3.63, 3.8) is 0 Å². The predicted octanol–water partition coefficient (Wildman–Crippen LogP) is 0.687. The Labute approximate surface area is 102 Å². The second-order valence-corrected chi connectivity index (χ2v) is 5.89. The van der Waals surface area contributed by atoms with Gasteiger partial charge in [-0.25, -0.2) is 0 Å². The topological polar surface area (TPSA) is 84.6 Å². The third-order valence-electron chi connectivity index (χ3n) is 2.92. The number of hydrogen-bond acceptors (Lipinski definition) is 3. The zero-order chi connectivity index (χ0) is 13.4. The first-order valence-corrected chi connectivity index (χ1v) is 5.83. The zero-order valence-electron chi connectivity index (χ0n) is 11.1. The van der Waals surface area contributed by atoms with Gasteiger partial charge in [0.05, 0.1) is 6.04 Å². The summed E-state index contributed by atoms with van der Waals surface area (Å²) in [4.78, 5) is 27.5. The van der Waals surface area contributed by atoms with E-state index in [2.05, 4.69) is 10.3 Å². The lowest BCUT2D eigenvalue weighted by molar-refractivity contribution is -0.135. The monoisotopic (exact) mass is 239 g/mol. The summed E-state index contributed by atoms with van der Waals surface area (Å²) in [6.45, 7) is 9.46. The van der Waals surface area contributed by atoms with Gasteiger partial charge in [-0.1, -0.05) is 34.6 Å². The fourth-order valence-corrected chi connectivity index (χ4v) is 1.68. The van der Waals surface area contributed by atoms with Gasteiger partial charge in [-0.15, -0.1) is 0 Å². The van der Waals surface area contributed by atoms with Crippen LogP contribution in [0.15, 0.2) is 4.99 Å². The summed E-state index contributed by atoms with van der Waals surface area (Å²) in [6, 6.07) is -0.455. The first kappa shape index (κ1) is 13.8. The van der Waals surface area contributed by atoms with Gasteiger partial charge in [-0.05, 0) is 11.3 Å². The number of amides is 2. The molecule has 1 aliphatic heterocycles. The number of hydrogen-bond donors (Lipinski definition) is 2. The Morgan fingerprint density at radius 3 is 2.18 bits per heavy atom. The van der Waals surface area contributed by atoms with Crippen LogP contribution in [0.3, 0.4) is 0 Å². The average molecular weight is 239 g/mol. The maximum absolute atomic E-state index is 11.8. The van der Waals surface area contributed by atoms with Gasteiger partial charge >= 0.3 is 0 Å². The summed E-state index contributed by atoms with van der Waals surface area (Å²) in [5, 5.41) is 2.65. The molecule has 1 rings (SSSR count). The van der Waals surface area contributed by atoms with Crippen molar-refractivity contribution in [2.45, 2.75) is 40.7 Å². The smallest absolute Gasteiger partial charge is 0.260 e. The second kappa shape index (κ2) is 4.56. The Kier molecular flexibility index (Phi) is 3.71. The molecule has 1 heterocycles. The van der Waals surface area contributed by atoms with Gasteiger partial charge in [0.1, 0.15) is 11.8 Å². The quantitative estimate of drug-likeness (QED) is 0.695. The summed E-state index contributed by atoms with van der Waals surface area (Å²) in [5.74, 6) is -1.15. The van der Waals surface area contributed by atoms with Crippen molar-refractivity contribution in [3.05, 3.63) is 0 Å². The van der Waals surface area contributed by atoms with Crippen LogP contribution in [0.25, 0.3) is 0 Å². The van der Waals surface area contributed by atoms with E-state index in [1.807, 2.05) is 34.6 Å². The number of nitrogens with one attached hydrogen (secondary N) is 1. The van der Waals surface area contributed by atoms with Crippen LogP contribution in [-0.4, -0.2) is 23.7 Å². The average Bonchev–Trinajstić information content (AvgIpc) is 2.13. The highest BCUT2D eigenvalue weighted by atomic mass is 16.2. The lowest BCUT2D eigenvalue weighted by Crippen LogP contribution is -2.56. The number of carbonyl (C=O) groups is 2. The molecule has 0 bridgehead atoms. The Bertz CT molecular complexity index is 366. The van der Waals surface area contributed by atoms with Crippen molar-refractivity contribution in [3.8, 4) is 0 Å². The molecule has 2 unspecified atom stereocenters. The number of aliphatic imine (C=N–C) groups is 1. The van der Waals surface area contributed by atoms with Crippen molar-refractivity contribution in [1.82, 2.24) is 5.32 Å². The fourth-order valence-electron chi connectivity index (χ4n) is 1.68. The Morgan fingerprint density at radius 1 is 1.29 bits per heavy atom. The largest absolute Gasteiger partial charge is 0.321 e. The van der Waals surface area contributed by atoms with Gasteiger partial charge in [0.25, 0.3) is 5.91 Å². The Balaban J connectivity index is 2.98. The van der Waals surface area contributed by atoms with Crippen molar-refractivity contribution in [2.75, 3.05) is 0 Å². The summed E-state index contributed by atoms with van der Waals surface area (Å²) in [7, 11) is 0. The van der Waals surface area contributed by atoms with Crippen LogP contribution in [0.4, 0.5) is 0 Å². The van der Waals surface area contributed by atoms with Gasteiger partial charge in [0.2, 0.25) is 5.91 Å². The van der Waals surface area contributed by atoms with Gasteiger partial charge in [0, 0.05) is 0 Å². The molecule has 5 heteroatoms. The molecule has 0 aromatic carbocycles. The van der Waals surface area contributed by atoms with Gasteiger partial charge in [-0.3, -0.25) is 9.59 Å². The zero-order valence-corrected chi connectivity index (χ0v) is 11.1. The van der Waals surface area contributed by atoms with E-state index in [-0.39, 0.29) is 23.1 Å². The minimum absolute atomic E-state index is 0.0568. The maximum Gasteiger partial charge on any atom is 0.260 e. The number of amidine groups is 1. The molecule has 0 fully saturated rings. The molecule has 0 aromatic heterocycles.